The zero-order valence-corrected chi connectivity index (χ0v) is 9.65. The summed E-state index contributed by atoms with van der Waals surface area (Å²) < 4.78 is 15.0. The number of nitrogens with two attached hydrogens (primary N) is 1. The van der Waals surface area contributed by atoms with Crippen molar-refractivity contribution in [1.29, 1.82) is 0 Å². The van der Waals surface area contributed by atoms with E-state index in [1.54, 1.807) is 17.7 Å². The highest BCUT2D eigenvalue weighted by Crippen LogP contribution is 2.39. The van der Waals surface area contributed by atoms with Gasteiger partial charge in [-0.3, -0.25) is 0 Å². The van der Waals surface area contributed by atoms with E-state index in [-0.39, 0.29) is 5.82 Å². The van der Waals surface area contributed by atoms with Crippen LogP contribution in [0.15, 0.2) is 24.4 Å². The van der Waals surface area contributed by atoms with Crippen molar-refractivity contribution in [2.24, 2.45) is 0 Å². The average molecular weight is 231 g/mol. The fourth-order valence-electron chi connectivity index (χ4n) is 1.95. The van der Waals surface area contributed by atoms with Crippen molar-refractivity contribution in [2.45, 2.75) is 25.7 Å². The second kappa shape index (κ2) is 3.58. The molecule has 2 aromatic rings. The molecule has 0 spiro atoms. The number of nitrogens with zero attached hydrogens (tertiary/aromatic N) is 2. The third kappa shape index (κ3) is 1.79. The molecule has 1 aliphatic carbocycles. The Labute approximate surface area is 99.1 Å². The summed E-state index contributed by atoms with van der Waals surface area (Å²) in [6, 6.07) is 5.09. The van der Waals surface area contributed by atoms with Gasteiger partial charge in [-0.25, -0.2) is 9.07 Å². The molecule has 1 saturated carbocycles. The maximum absolute atomic E-state index is 13.3. The van der Waals surface area contributed by atoms with Crippen LogP contribution in [0.4, 0.5) is 10.1 Å². The molecule has 0 radical (unpaired) electrons. The number of aromatic nitrogens is 2. The summed E-state index contributed by atoms with van der Waals surface area (Å²) in [7, 11) is 0. The minimum Gasteiger partial charge on any atom is -0.397 e. The van der Waals surface area contributed by atoms with Gasteiger partial charge in [0.05, 0.1) is 17.1 Å². The van der Waals surface area contributed by atoms with Crippen molar-refractivity contribution < 1.29 is 4.39 Å². The van der Waals surface area contributed by atoms with E-state index in [0.29, 0.717) is 17.2 Å². The molecule has 3 nitrogen and oxygen atoms in total. The summed E-state index contributed by atoms with van der Waals surface area (Å²) in [5.74, 6) is 0.333. The Bertz CT molecular complexity index is 570. The number of aryl methyl sites for hydroxylation is 1. The molecule has 0 saturated heterocycles. The largest absolute Gasteiger partial charge is 0.397 e. The molecular weight excluding hydrogens is 217 g/mol. The van der Waals surface area contributed by atoms with Gasteiger partial charge in [-0.05, 0) is 43.5 Å². The van der Waals surface area contributed by atoms with E-state index >= 15 is 0 Å². The Morgan fingerprint density at radius 2 is 2.18 bits per heavy atom. The molecule has 3 rings (SSSR count). The van der Waals surface area contributed by atoms with Gasteiger partial charge in [0.15, 0.2) is 0 Å². The first kappa shape index (κ1) is 10.3. The Hall–Kier alpha value is -1.84. The van der Waals surface area contributed by atoms with E-state index in [4.69, 9.17) is 5.73 Å². The van der Waals surface area contributed by atoms with Gasteiger partial charge in [-0.15, -0.1) is 0 Å². The summed E-state index contributed by atoms with van der Waals surface area (Å²) >= 11 is 0. The Kier molecular flexibility index (Phi) is 2.18. The SMILES string of the molecule is Cc1cc(-n2ccc(C3CC3)n2)c(N)cc1F. The average Bonchev–Trinajstić information content (AvgIpc) is 3.03. The van der Waals surface area contributed by atoms with Crippen LogP contribution in [0.3, 0.4) is 0 Å². The van der Waals surface area contributed by atoms with Crippen LogP contribution in [-0.2, 0) is 0 Å². The quantitative estimate of drug-likeness (QED) is 0.808. The highest BCUT2D eigenvalue weighted by atomic mass is 19.1. The lowest BCUT2D eigenvalue weighted by molar-refractivity contribution is 0.618. The molecule has 2 N–H and O–H groups in total. The third-order valence-electron chi connectivity index (χ3n) is 3.16. The molecule has 17 heavy (non-hydrogen) atoms. The number of halogens is 1. The number of rotatable bonds is 2. The van der Waals surface area contributed by atoms with Crippen LogP contribution >= 0.6 is 0 Å². The second-order valence-corrected chi connectivity index (χ2v) is 4.62. The Morgan fingerprint density at radius 3 is 2.88 bits per heavy atom. The number of nitrogen functional groups attached to an aromatic ring is 1. The van der Waals surface area contributed by atoms with Gasteiger partial charge in [-0.1, -0.05) is 0 Å². The van der Waals surface area contributed by atoms with Gasteiger partial charge in [0.25, 0.3) is 0 Å². The van der Waals surface area contributed by atoms with Crippen molar-refractivity contribution in [1.82, 2.24) is 9.78 Å². The lowest BCUT2D eigenvalue weighted by atomic mass is 10.2. The molecule has 0 atom stereocenters. The first-order chi connectivity index (χ1) is 8.15. The summed E-state index contributed by atoms with van der Waals surface area (Å²) in [5.41, 5.74) is 8.67. The van der Waals surface area contributed by atoms with Crippen molar-refractivity contribution >= 4 is 5.69 Å². The van der Waals surface area contributed by atoms with Gasteiger partial charge < -0.3 is 5.73 Å². The van der Waals surface area contributed by atoms with Crippen molar-refractivity contribution in [3.63, 3.8) is 0 Å². The zero-order valence-electron chi connectivity index (χ0n) is 9.65. The van der Waals surface area contributed by atoms with E-state index in [9.17, 15) is 4.39 Å². The Morgan fingerprint density at radius 1 is 1.41 bits per heavy atom. The summed E-state index contributed by atoms with van der Waals surface area (Å²) in [6.07, 6.45) is 4.32. The molecule has 0 bridgehead atoms. The molecule has 1 aliphatic rings. The zero-order chi connectivity index (χ0) is 12.0. The number of anilines is 1. The van der Waals surface area contributed by atoms with E-state index in [0.717, 1.165) is 11.4 Å². The highest BCUT2D eigenvalue weighted by Gasteiger charge is 2.26. The van der Waals surface area contributed by atoms with E-state index in [1.165, 1.54) is 18.9 Å². The van der Waals surface area contributed by atoms with E-state index < -0.39 is 0 Å². The monoisotopic (exact) mass is 231 g/mol. The maximum atomic E-state index is 13.3. The van der Waals surface area contributed by atoms with Crippen LogP contribution in [0.1, 0.15) is 30.0 Å². The van der Waals surface area contributed by atoms with Crippen molar-refractivity contribution in [3.8, 4) is 5.69 Å². The molecule has 0 amide bonds. The predicted molar refractivity (Wildman–Crippen MR) is 64.6 cm³/mol. The lowest BCUT2D eigenvalue weighted by Gasteiger charge is -2.07. The molecule has 0 unspecified atom stereocenters. The first-order valence-electron chi connectivity index (χ1n) is 5.76. The van der Waals surface area contributed by atoms with Crippen LogP contribution in [0.5, 0.6) is 0 Å². The minimum atomic E-state index is -0.277. The lowest BCUT2D eigenvalue weighted by Crippen LogP contribution is -2.02. The van der Waals surface area contributed by atoms with Crippen LogP contribution in [-0.4, -0.2) is 9.78 Å². The number of benzene rings is 1. The van der Waals surface area contributed by atoms with Gasteiger partial charge in [-0.2, -0.15) is 5.10 Å². The summed E-state index contributed by atoms with van der Waals surface area (Å²) in [4.78, 5) is 0. The third-order valence-corrected chi connectivity index (χ3v) is 3.16. The molecule has 88 valence electrons. The van der Waals surface area contributed by atoms with Gasteiger partial charge in [0, 0.05) is 12.1 Å². The number of hydrogen-bond donors (Lipinski definition) is 1. The van der Waals surface area contributed by atoms with Crippen LogP contribution in [0.2, 0.25) is 0 Å². The van der Waals surface area contributed by atoms with E-state index in [2.05, 4.69) is 5.10 Å². The normalized spacial score (nSPS) is 15.2. The van der Waals surface area contributed by atoms with Gasteiger partial charge in [0.2, 0.25) is 0 Å². The topological polar surface area (TPSA) is 43.8 Å². The molecule has 1 fully saturated rings. The van der Waals surface area contributed by atoms with Crippen LogP contribution < -0.4 is 5.73 Å². The minimum absolute atomic E-state index is 0.277. The summed E-state index contributed by atoms with van der Waals surface area (Å²) in [6.45, 7) is 1.73. The van der Waals surface area contributed by atoms with Crippen molar-refractivity contribution in [3.05, 3.63) is 41.5 Å². The first-order valence-corrected chi connectivity index (χ1v) is 5.76. The van der Waals surface area contributed by atoms with Crippen LogP contribution in [0.25, 0.3) is 5.69 Å². The van der Waals surface area contributed by atoms with E-state index in [1.807, 2.05) is 12.3 Å². The smallest absolute Gasteiger partial charge is 0.128 e. The predicted octanol–water partition coefficient (Wildman–Crippen LogP) is 2.78. The number of hydrogen-bond acceptors (Lipinski definition) is 2. The van der Waals surface area contributed by atoms with Gasteiger partial charge in [0.1, 0.15) is 5.82 Å². The summed E-state index contributed by atoms with van der Waals surface area (Å²) in [5, 5.41) is 4.49. The molecule has 1 aromatic heterocycles. The fourth-order valence-corrected chi connectivity index (χ4v) is 1.95. The standard InChI is InChI=1S/C13H14FN3/c1-8-6-13(11(15)7-10(8)14)17-5-4-12(16-17)9-2-3-9/h4-7,9H,2-3,15H2,1H3. The van der Waals surface area contributed by atoms with Crippen molar-refractivity contribution in [2.75, 3.05) is 5.73 Å². The molecule has 1 heterocycles. The van der Waals surface area contributed by atoms with Crippen LogP contribution in [0, 0.1) is 12.7 Å². The molecule has 4 heteroatoms. The highest BCUT2D eigenvalue weighted by molar-refractivity contribution is 5.59. The molecule has 0 aliphatic heterocycles. The van der Waals surface area contributed by atoms with Gasteiger partial charge >= 0.3 is 0 Å². The second-order valence-electron chi connectivity index (χ2n) is 4.62. The molecule has 1 aromatic carbocycles. The fraction of sp³-hybridized carbons (Fsp3) is 0.308. The molecular formula is C13H14FN3. The maximum Gasteiger partial charge on any atom is 0.128 e. The Balaban J connectivity index is 2.04.